The zero-order chi connectivity index (χ0) is 14.6. The summed E-state index contributed by atoms with van der Waals surface area (Å²) in [5.74, 6) is -0.188. The van der Waals surface area contributed by atoms with Crippen LogP contribution in [0.1, 0.15) is 19.8 Å². The molecule has 1 unspecified atom stereocenters. The van der Waals surface area contributed by atoms with Crippen LogP contribution in [0.4, 0.5) is 5.69 Å². The van der Waals surface area contributed by atoms with Gasteiger partial charge in [-0.2, -0.15) is 0 Å². The van der Waals surface area contributed by atoms with Gasteiger partial charge >= 0.3 is 0 Å². The van der Waals surface area contributed by atoms with E-state index in [1.807, 2.05) is 0 Å². The number of carbonyl (C=O) groups is 1. The second-order valence-corrected chi connectivity index (χ2v) is 6.58. The Morgan fingerprint density at radius 1 is 1.29 bits per heavy atom. The first-order valence-electron chi connectivity index (χ1n) is 6.58. The summed E-state index contributed by atoms with van der Waals surface area (Å²) in [5.41, 5.74) is 0.579. The zero-order valence-corrected chi connectivity index (χ0v) is 13.4. The molecule has 1 heterocycles. The fourth-order valence-corrected chi connectivity index (χ4v) is 3.43. The van der Waals surface area contributed by atoms with Crippen LogP contribution in [0.2, 0.25) is 0 Å². The van der Waals surface area contributed by atoms with Gasteiger partial charge in [0, 0.05) is 25.2 Å². The van der Waals surface area contributed by atoms with Crippen molar-refractivity contribution in [3.05, 3.63) is 24.3 Å². The summed E-state index contributed by atoms with van der Waals surface area (Å²) in [6, 6.07) is 6.07. The minimum atomic E-state index is -3.51. The van der Waals surface area contributed by atoms with E-state index < -0.39 is 10.0 Å². The predicted octanol–water partition coefficient (Wildman–Crippen LogP) is 1.10. The highest BCUT2D eigenvalue weighted by Crippen LogP contribution is 2.15. The summed E-state index contributed by atoms with van der Waals surface area (Å²) in [7, 11) is -3.51. The predicted molar refractivity (Wildman–Crippen MR) is 84.2 cm³/mol. The molecule has 1 saturated heterocycles. The number of piperidine rings is 1. The van der Waals surface area contributed by atoms with E-state index in [9.17, 15) is 13.2 Å². The van der Waals surface area contributed by atoms with Gasteiger partial charge in [0.1, 0.15) is 0 Å². The Bertz CT molecular complexity index is 569. The third kappa shape index (κ3) is 5.28. The number of hydrogen-bond donors (Lipinski definition) is 3. The summed E-state index contributed by atoms with van der Waals surface area (Å²) < 4.78 is 27.1. The van der Waals surface area contributed by atoms with Crippen LogP contribution in [0, 0.1) is 0 Å². The van der Waals surface area contributed by atoms with E-state index in [4.69, 9.17) is 0 Å². The SMILES string of the molecule is CC(=O)Nc1ccc(S(=O)(=O)NC2CCCNC2)cc1.Cl. The smallest absolute Gasteiger partial charge is 0.240 e. The first-order valence-corrected chi connectivity index (χ1v) is 8.06. The van der Waals surface area contributed by atoms with E-state index in [0.29, 0.717) is 12.2 Å². The van der Waals surface area contributed by atoms with E-state index in [1.54, 1.807) is 12.1 Å². The van der Waals surface area contributed by atoms with Gasteiger partial charge in [-0.3, -0.25) is 4.79 Å². The molecule has 1 atom stereocenters. The lowest BCUT2D eigenvalue weighted by molar-refractivity contribution is -0.114. The maximum Gasteiger partial charge on any atom is 0.240 e. The van der Waals surface area contributed by atoms with Crippen LogP contribution in [0.3, 0.4) is 0 Å². The van der Waals surface area contributed by atoms with E-state index in [1.165, 1.54) is 19.1 Å². The van der Waals surface area contributed by atoms with Crippen molar-refractivity contribution in [2.24, 2.45) is 0 Å². The van der Waals surface area contributed by atoms with Crippen LogP contribution < -0.4 is 15.4 Å². The Labute approximate surface area is 131 Å². The molecule has 1 aliphatic heterocycles. The minimum Gasteiger partial charge on any atom is -0.326 e. The first-order chi connectivity index (χ1) is 9.47. The van der Waals surface area contributed by atoms with Gasteiger partial charge in [0.25, 0.3) is 0 Å². The molecule has 0 bridgehead atoms. The average molecular weight is 334 g/mol. The third-order valence-electron chi connectivity index (χ3n) is 3.10. The van der Waals surface area contributed by atoms with Crippen molar-refractivity contribution in [2.45, 2.75) is 30.7 Å². The number of rotatable bonds is 4. The molecule has 118 valence electrons. The molecule has 2 rings (SSSR count). The fourth-order valence-electron chi connectivity index (χ4n) is 2.16. The number of nitrogens with one attached hydrogen (secondary N) is 3. The topological polar surface area (TPSA) is 87.3 Å². The number of benzene rings is 1. The Morgan fingerprint density at radius 2 is 1.95 bits per heavy atom. The molecular formula is C13H20ClN3O3S. The normalized spacial score (nSPS) is 18.6. The summed E-state index contributed by atoms with van der Waals surface area (Å²) >= 11 is 0. The quantitative estimate of drug-likeness (QED) is 0.770. The molecule has 3 N–H and O–H groups in total. The van der Waals surface area contributed by atoms with E-state index >= 15 is 0 Å². The van der Waals surface area contributed by atoms with Gasteiger partial charge < -0.3 is 10.6 Å². The lowest BCUT2D eigenvalue weighted by atomic mass is 10.1. The lowest BCUT2D eigenvalue weighted by Gasteiger charge is -2.23. The standard InChI is InChI=1S/C13H19N3O3S.ClH/c1-10(17)15-11-4-6-13(7-5-11)20(18,19)16-12-3-2-8-14-9-12;/h4-7,12,14,16H,2-3,8-9H2,1H3,(H,15,17);1H. The number of sulfonamides is 1. The largest absolute Gasteiger partial charge is 0.326 e. The molecule has 1 aromatic rings. The van der Waals surface area contributed by atoms with Crippen molar-refractivity contribution < 1.29 is 13.2 Å². The van der Waals surface area contributed by atoms with Gasteiger partial charge in [-0.25, -0.2) is 13.1 Å². The maximum atomic E-state index is 12.2. The van der Waals surface area contributed by atoms with E-state index in [0.717, 1.165) is 19.4 Å². The molecule has 8 heteroatoms. The Balaban J connectivity index is 0.00000220. The summed E-state index contributed by atoms with van der Waals surface area (Å²) in [4.78, 5) is 11.1. The van der Waals surface area contributed by atoms with Gasteiger partial charge in [0.2, 0.25) is 15.9 Å². The molecule has 0 spiro atoms. The number of carbonyl (C=O) groups excluding carboxylic acids is 1. The number of amides is 1. The number of halogens is 1. The van der Waals surface area contributed by atoms with Gasteiger partial charge in [0.05, 0.1) is 4.90 Å². The number of hydrogen-bond acceptors (Lipinski definition) is 4. The van der Waals surface area contributed by atoms with Crippen LogP contribution >= 0.6 is 12.4 Å². The number of anilines is 1. The van der Waals surface area contributed by atoms with Gasteiger partial charge in [0.15, 0.2) is 0 Å². The van der Waals surface area contributed by atoms with E-state index in [2.05, 4.69) is 15.4 Å². The molecule has 0 radical (unpaired) electrons. The summed E-state index contributed by atoms with van der Waals surface area (Å²) in [5, 5.41) is 5.77. The Hall–Kier alpha value is -1.15. The van der Waals surface area contributed by atoms with Crippen LogP contribution in [0.15, 0.2) is 29.2 Å². The highest BCUT2D eigenvalue weighted by atomic mass is 35.5. The average Bonchev–Trinajstić information content (AvgIpc) is 2.39. The molecule has 1 amide bonds. The van der Waals surface area contributed by atoms with Crippen molar-refractivity contribution >= 4 is 34.0 Å². The molecule has 0 saturated carbocycles. The highest BCUT2D eigenvalue weighted by molar-refractivity contribution is 7.89. The second kappa shape index (κ2) is 7.74. The van der Waals surface area contributed by atoms with Crippen LogP contribution in [0.25, 0.3) is 0 Å². The summed E-state index contributed by atoms with van der Waals surface area (Å²) in [6.45, 7) is 3.00. The fraction of sp³-hybridized carbons (Fsp3) is 0.462. The first kappa shape index (κ1) is 17.9. The van der Waals surface area contributed by atoms with Gasteiger partial charge in [-0.05, 0) is 43.7 Å². The monoisotopic (exact) mass is 333 g/mol. The van der Waals surface area contributed by atoms with Crippen molar-refractivity contribution in [1.29, 1.82) is 0 Å². The van der Waals surface area contributed by atoms with Crippen molar-refractivity contribution in [2.75, 3.05) is 18.4 Å². The maximum absolute atomic E-state index is 12.2. The molecule has 1 aromatic carbocycles. The van der Waals surface area contributed by atoms with Gasteiger partial charge in [-0.15, -0.1) is 12.4 Å². The van der Waals surface area contributed by atoms with Crippen LogP contribution in [0.5, 0.6) is 0 Å². The van der Waals surface area contributed by atoms with Crippen LogP contribution in [-0.2, 0) is 14.8 Å². The van der Waals surface area contributed by atoms with E-state index in [-0.39, 0.29) is 29.3 Å². The molecule has 0 aromatic heterocycles. The lowest BCUT2D eigenvalue weighted by Crippen LogP contribution is -2.45. The van der Waals surface area contributed by atoms with Crippen molar-refractivity contribution in [3.63, 3.8) is 0 Å². The van der Waals surface area contributed by atoms with Gasteiger partial charge in [-0.1, -0.05) is 0 Å². The molecule has 1 fully saturated rings. The second-order valence-electron chi connectivity index (χ2n) is 4.87. The zero-order valence-electron chi connectivity index (χ0n) is 11.8. The highest BCUT2D eigenvalue weighted by Gasteiger charge is 2.21. The molecule has 0 aliphatic carbocycles. The summed E-state index contributed by atoms with van der Waals surface area (Å²) in [6.07, 6.45) is 1.81. The molecule has 21 heavy (non-hydrogen) atoms. The Morgan fingerprint density at radius 3 is 2.48 bits per heavy atom. The third-order valence-corrected chi connectivity index (χ3v) is 4.64. The molecule has 6 nitrogen and oxygen atoms in total. The van der Waals surface area contributed by atoms with Crippen LogP contribution in [-0.4, -0.2) is 33.5 Å². The Kier molecular flexibility index (Phi) is 6.60. The molecular weight excluding hydrogens is 314 g/mol. The molecule has 1 aliphatic rings. The van der Waals surface area contributed by atoms with Crippen molar-refractivity contribution in [3.8, 4) is 0 Å². The minimum absolute atomic E-state index is 0. The van der Waals surface area contributed by atoms with Crippen molar-refractivity contribution in [1.82, 2.24) is 10.0 Å².